The first kappa shape index (κ1) is 15.7. The Morgan fingerprint density at radius 3 is 2.52 bits per heavy atom. The average molecular weight is 333 g/mol. The van der Waals surface area contributed by atoms with Crippen LogP contribution in [0.2, 0.25) is 0 Å². The lowest BCUT2D eigenvalue weighted by Gasteiger charge is -2.15. The van der Waals surface area contributed by atoms with Crippen molar-refractivity contribution in [3.05, 3.63) is 47.0 Å². The van der Waals surface area contributed by atoms with Crippen molar-refractivity contribution in [2.75, 3.05) is 18.4 Å². The molecule has 1 heterocycles. The first-order chi connectivity index (χ1) is 10.9. The fourth-order valence-corrected chi connectivity index (χ4v) is 4.46. The van der Waals surface area contributed by atoms with Crippen molar-refractivity contribution in [2.45, 2.75) is 25.2 Å². The van der Waals surface area contributed by atoms with Gasteiger partial charge in [-0.3, -0.25) is 4.72 Å². The van der Waals surface area contributed by atoms with Crippen LogP contribution in [-0.2, 0) is 16.4 Å². The summed E-state index contributed by atoms with van der Waals surface area (Å²) in [6.45, 7) is 4.10. The smallest absolute Gasteiger partial charge is 0.262 e. The summed E-state index contributed by atoms with van der Waals surface area (Å²) >= 11 is 0. The Hall–Kier alpha value is -2.21. The average Bonchev–Trinajstić information content (AvgIpc) is 2.95. The van der Waals surface area contributed by atoms with Gasteiger partial charge in [0.2, 0.25) is 0 Å². The maximum atomic E-state index is 12.8. The fourth-order valence-electron chi connectivity index (χ4n) is 2.94. The fraction of sp³-hybridized carbons (Fsp3) is 0.294. The van der Waals surface area contributed by atoms with E-state index in [0.29, 0.717) is 34.9 Å². The highest BCUT2D eigenvalue weighted by molar-refractivity contribution is 7.92. The molecule has 3 rings (SSSR count). The van der Waals surface area contributed by atoms with E-state index >= 15 is 0 Å². The number of nitrogens with one attached hydrogen (secondary N) is 1. The molecule has 0 aromatic heterocycles. The molecule has 5 nitrogen and oxygen atoms in total. The van der Waals surface area contributed by atoms with E-state index in [2.05, 4.69) is 4.72 Å². The third kappa shape index (κ3) is 2.86. The second-order valence-electron chi connectivity index (χ2n) is 5.59. The van der Waals surface area contributed by atoms with Crippen molar-refractivity contribution < 1.29 is 17.9 Å². The van der Waals surface area contributed by atoms with Crippen LogP contribution < -0.4 is 14.2 Å². The number of aryl methyl sites for hydroxylation is 2. The number of sulfonamides is 1. The molecular formula is C17H19NO4S. The standard InChI is InChI=1S/C17H19NO4S/c1-11-9-14(21-3)10-12(2)17(11)23(19,20)18-15-6-4-5-13-7-8-22-16(13)15/h4-6,9-10,18H,7-8H2,1-3H3. The molecule has 1 N–H and O–H groups in total. The van der Waals surface area contributed by atoms with Gasteiger partial charge in [0.1, 0.15) is 11.5 Å². The Morgan fingerprint density at radius 2 is 1.87 bits per heavy atom. The molecule has 0 spiro atoms. The lowest BCUT2D eigenvalue weighted by atomic mass is 10.1. The van der Waals surface area contributed by atoms with Gasteiger partial charge in [-0.05, 0) is 48.7 Å². The quantitative estimate of drug-likeness (QED) is 0.934. The molecule has 0 saturated carbocycles. The van der Waals surface area contributed by atoms with Crippen LogP contribution in [0.1, 0.15) is 16.7 Å². The molecule has 0 bridgehead atoms. The van der Waals surface area contributed by atoms with Crippen molar-refractivity contribution >= 4 is 15.7 Å². The van der Waals surface area contributed by atoms with Crippen molar-refractivity contribution in [1.82, 2.24) is 0 Å². The normalized spacial score (nSPS) is 13.3. The molecule has 0 unspecified atom stereocenters. The molecule has 6 heteroatoms. The summed E-state index contributed by atoms with van der Waals surface area (Å²) in [5.41, 5.74) is 2.79. The van der Waals surface area contributed by atoms with Gasteiger partial charge >= 0.3 is 0 Å². The van der Waals surface area contributed by atoms with Gasteiger partial charge in [-0.1, -0.05) is 12.1 Å². The van der Waals surface area contributed by atoms with Gasteiger partial charge in [0, 0.05) is 6.42 Å². The number of rotatable bonds is 4. The Bertz CT molecular complexity index is 836. The number of hydrogen-bond acceptors (Lipinski definition) is 4. The Balaban J connectivity index is 2.02. The Kier molecular flexibility index (Phi) is 3.93. The maximum absolute atomic E-state index is 12.8. The van der Waals surface area contributed by atoms with Crippen LogP contribution in [0, 0.1) is 13.8 Å². The Labute approximate surface area is 136 Å². The van der Waals surface area contributed by atoms with E-state index in [-0.39, 0.29) is 4.90 Å². The minimum Gasteiger partial charge on any atom is -0.497 e. The van der Waals surface area contributed by atoms with Crippen molar-refractivity contribution in [1.29, 1.82) is 0 Å². The highest BCUT2D eigenvalue weighted by Crippen LogP contribution is 2.35. The lowest BCUT2D eigenvalue weighted by molar-refractivity contribution is 0.358. The van der Waals surface area contributed by atoms with E-state index in [4.69, 9.17) is 9.47 Å². The van der Waals surface area contributed by atoms with Crippen LogP contribution in [0.15, 0.2) is 35.2 Å². The summed E-state index contributed by atoms with van der Waals surface area (Å²) < 4.78 is 39.1. The van der Waals surface area contributed by atoms with Gasteiger partial charge in [0.05, 0.1) is 24.3 Å². The third-order valence-corrected chi connectivity index (χ3v) is 5.57. The highest BCUT2D eigenvalue weighted by atomic mass is 32.2. The molecule has 0 fully saturated rings. The van der Waals surface area contributed by atoms with E-state index in [1.54, 1.807) is 39.2 Å². The third-order valence-electron chi connectivity index (χ3n) is 3.90. The zero-order valence-corrected chi connectivity index (χ0v) is 14.2. The molecule has 0 saturated heterocycles. The van der Waals surface area contributed by atoms with Crippen molar-refractivity contribution in [3.63, 3.8) is 0 Å². The van der Waals surface area contributed by atoms with Crippen LogP contribution in [0.3, 0.4) is 0 Å². The van der Waals surface area contributed by atoms with Crippen LogP contribution in [-0.4, -0.2) is 22.1 Å². The molecule has 0 amide bonds. The van der Waals surface area contributed by atoms with Gasteiger partial charge in [-0.15, -0.1) is 0 Å². The summed E-state index contributed by atoms with van der Waals surface area (Å²) in [6, 6.07) is 8.93. The number of para-hydroxylation sites is 1. The van der Waals surface area contributed by atoms with Crippen molar-refractivity contribution in [3.8, 4) is 11.5 Å². The van der Waals surface area contributed by atoms with Gasteiger partial charge in [0.15, 0.2) is 0 Å². The molecule has 0 radical (unpaired) electrons. The largest absolute Gasteiger partial charge is 0.497 e. The van der Waals surface area contributed by atoms with E-state index in [1.165, 1.54) is 0 Å². The van der Waals surface area contributed by atoms with E-state index < -0.39 is 10.0 Å². The predicted octanol–water partition coefficient (Wildman–Crippen LogP) is 3.05. The van der Waals surface area contributed by atoms with Crippen molar-refractivity contribution in [2.24, 2.45) is 0 Å². The molecule has 2 aromatic rings. The van der Waals surface area contributed by atoms with E-state index in [9.17, 15) is 8.42 Å². The number of fused-ring (bicyclic) bond motifs is 1. The number of hydrogen-bond donors (Lipinski definition) is 1. The first-order valence-corrected chi connectivity index (χ1v) is 8.83. The number of anilines is 1. The Morgan fingerprint density at radius 1 is 1.17 bits per heavy atom. The number of benzene rings is 2. The van der Waals surface area contributed by atoms with Gasteiger partial charge in [-0.2, -0.15) is 0 Å². The summed E-state index contributed by atoms with van der Waals surface area (Å²) in [7, 11) is -2.15. The van der Waals surface area contributed by atoms with Gasteiger partial charge in [0.25, 0.3) is 10.0 Å². The molecule has 23 heavy (non-hydrogen) atoms. The topological polar surface area (TPSA) is 64.6 Å². The van der Waals surface area contributed by atoms with Crippen LogP contribution >= 0.6 is 0 Å². The van der Waals surface area contributed by atoms with E-state index in [0.717, 1.165) is 12.0 Å². The SMILES string of the molecule is COc1cc(C)c(S(=O)(=O)Nc2cccc3c2OCC3)c(C)c1. The summed E-state index contributed by atoms with van der Waals surface area (Å²) in [5, 5.41) is 0. The molecular weight excluding hydrogens is 314 g/mol. The zero-order valence-electron chi connectivity index (χ0n) is 13.3. The summed E-state index contributed by atoms with van der Waals surface area (Å²) in [6.07, 6.45) is 0.797. The van der Waals surface area contributed by atoms with Crippen LogP contribution in [0.4, 0.5) is 5.69 Å². The zero-order chi connectivity index (χ0) is 16.6. The minimum atomic E-state index is -3.71. The highest BCUT2D eigenvalue weighted by Gasteiger charge is 2.24. The summed E-state index contributed by atoms with van der Waals surface area (Å²) in [4.78, 5) is 0.272. The molecule has 1 aliphatic heterocycles. The second kappa shape index (κ2) is 5.77. The molecule has 0 atom stereocenters. The number of methoxy groups -OCH3 is 1. The monoisotopic (exact) mass is 333 g/mol. The van der Waals surface area contributed by atoms with Crippen LogP contribution in [0.5, 0.6) is 11.5 Å². The first-order valence-electron chi connectivity index (χ1n) is 7.35. The second-order valence-corrected chi connectivity index (χ2v) is 7.21. The van der Waals surface area contributed by atoms with E-state index in [1.807, 2.05) is 12.1 Å². The molecule has 2 aromatic carbocycles. The van der Waals surface area contributed by atoms with Gasteiger partial charge in [-0.25, -0.2) is 8.42 Å². The summed E-state index contributed by atoms with van der Waals surface area (Å²) in [5.74, 6) is 1.27. The molecule has 0 aliphatic carbocycles. The maximum Gasteiger partial charge on any atom is 0.262 e. The minimum absolute atomic E-state index is 0.272. The van der Waals surface area contributed by atoms with Gasteiger partial charge < -0.3 is 9.47 Å². The predicted molar refractivity (Wildman–Crippen MR) is 88.9 cm³/mol. The van der Waals surface area contributed by atoms with Crippen LogP contribution in [0.25, 0.3) is 0 Å². The lowest BCUT2D eigenvalue weighted by Crippen LogP contribution is -2.16. The molecule has 1 aliphatic rings. The number of ether oxygens (including phenoxy) is 2. The molecule has 122 valence electrons.